The molecule has 0 saturated carbocycles. The summed E-state index contributed by atoms with van der Waals surface area (Å²) >= 11 is 9.75. The monoisotopic (exact) mass is 506 g/mol. The van der Waals surface area contributed by atoms with Gasteiger partial charge in [0.05, 0.1) is 5.52 Å². The molecule has 31 heavy (non-hydrogen) atoms. The largest absolute Gasteiger partial charge is 0.345 e. The molecule has 1 amide bonds. The number of carbonyl (C=O) groups excluding carboxylic acids is 1. The first kappa shape index (κ1) is 21.4. The van der Waals surface area contributed by atoms with Gasteiger partial charge in [0.25, 0.3) is 11.7 Å². The van der Waals surface area contributed by atoms with Gasteiger partial charge in [0.15, 0.2) is 0 Å². The van der Waals surface area contributed by atoms with Gasteiger partial charge in [-0.1, -0.05) is 37.5 Å². The number of nitrogens with zero attached hydrogens (tertiary/aromatic N) is 5. The second kappa shape index (κ2) is 8.01. The van der Waals surface area contributed by atoms with Crippen LogP contribution in [0, 0.1) is 5.82 Å². The maximum Gasteiger partial charge on any atom is 0.292 e. The second-order valence-electron chi connectivity index (χ2n) is 7.88. The number of halogens is 3. The summed E-state index contributed by atoms with van der Waals surface area (Å²) in [4.78, 5) is 20.6. The zero-order chi connectivity index (χ0) is 22.3. The number of rotatable bonds is 4. The van der Waals surface area contributed by atoms with E-state index < -0.39 is 11.7 Å². The van der Waals surface area contributed by atoms with Crippen molar-refractivity contribution >= 4 is 39.0 Å². The van der Waals surface area contributed by atoms with Crippen LogP contribution in [0.2, 0.25) is 5.02 Å². The molecule has 0 spiro atoms. The highest BCUT2D eigenvalue weighted by molar-refractivity contribution is 9.10. The van der Waals surface area contributed by atoms with Gasteiger partial charge >= 0.3 is 0 Å². The molecule has 0 unspecified atom stereocenters. The number of hydrogen-bond acceptors (Lipinski definition) is 6. The molecular formula is C20H17BrClFN6O2. The minimum Gasteiger partial charge on any atom is -0.345 e. The Bertz CT molecular complexity index is 1300. The zero-order valence-electron chi connectivity index (χ0n) is 16.8. The van der Waals surface area contributed by atoms with Gasteiger partial charge < -0.3 is 9.84 Å². The number of aromatic nitrogens is 5. The van der Waals surface area contributed by atoms with Crippen LogP contribution in [0.4, 0.5) is 4.39 Å². The molecule has 11 heteroatoms. The van der Waals surface area contributed by atoms with E-state index in [0.29, 0.717) is 22.7 Å². The highest BCUT2D eigenvalue weighted by Gasteiger charge is 2.24. The van der Waals surface area contributed by atoms with Crippen LogP contribution in [0.1, 0.15) is 42.8 Å². The van der Waals surface area contributed by atoms with Gasteiger partial charge in [-0.2, -0.15) is 10.1 Å². The van der Waals surface area contributed by atoms with Crippen molar-refractivity contribution in [1.29, 1.82) is 0 Å². The maximum atomic E-state index is 14.9. The van der Waals surface area contributed by atoms with Gasteiger partial charge in [0.2, 0.25) is 5.89 Å². The van der Waals surface area contributed by atoms with Crippen LogP contribution in [-0.4, -0.2) is 30.6 Å². The van der Waals surface area contributed by atoms with Gasteiger partial charge in [-0.15, -0.1) is 0 Å². The molecule has 4 aromatic rings. The van der Waals surface area contributed by atoms with Crippen molar-refractivity contribution in [3.8, 4) is 11.3 Å². The molecule has 0 saturated heterocycles. The van der Waals surface area contributed by atoms with Crippen molar-refractivity contribution in [3.05, 3.63) is 63.3 Å². The lowest BCUT2D eigenvalue weighted by atomic mass is 9.97. The Morgan fingerprint density at radius 2 is 2.10 bits per heavy atom. The molecule has 1 aromatic carbocycles. The third kappa shape index (κ3) is 4.31. The smallest absolute Gasteiger partial charge is 0.292 e. The molecule has 0 radical (unpaired) electrons. The van der Waals surface area contributed by atoms with Crippen molar-refractivity contribution in [2.45, 2.75) is 32.7 Å². The molecule has 0 aliphatic rings. The summed E-state index contributed by atoms with van der Waals surface area (Å²) in [5.74, 6) is -0.823. The molecule has 8 nitrogen and oxygen atoms in total. The third-order valence-corrected chi connectivity index (χ3v) is 5.26. The van der Waals surface area contributed by atoms with Crippen molar-refractivity contribution in [2.24, 2.45) is 0 Å². The quantitative estimate of drug-likeness (QED) is 0.435. The fraction of sp³-hybridized carbons (Fsp3) is 0.250. The number of amides is 1. The Labute approximate surface area is 189 Å². The summed E-state index contributed by atoms with van der Waals surface area (Å²) in [6, 6.07) is 4.53. The lowest BCUT2D eigenvalue weighted by molar-refractivity contribution is 0.0937. The molecule has 0 fully saturated rings. The fourth-order valence-electron chi connectivity index (χ4n) is 2.89. The first-order valence-corrected chi connectivity index (χ1v) is 10.4. The lowest BCUT2D eigenvalue weighted by Gasteiger charge is -2.11. The third-order valence-electron chi connectivity index (χ3n) is 4.47. The van der Waals surface area contributed by atoms with Crippen LogP contribution in [-0.2, 0) is 12.0 Å². The van der Waals surface area contributed by atoms with Crippen molar-refractivity contribution in [1.82, 2.24) is 30.1 Å². The summed E-state index contributed by atoms with van der Waals surface area (Å²) in [7, 11) is 0. The number of carbonyl (C=O) groups is 1. The van der Waals surface area contributed by atoms with E-state index in [4.69, 9.17) is 16.1 Å². The molecule has 3 aromatic heterocycles. The van der Waals surface area contributed by atoms with E-state index >= 15 is 0 Å². The van der Waals surface area contributed by atoms with Gasteiger partial charge in [-0.05, 0) is 39.7 Å². The van der Waals surface area contributed by atoms with Crippen LogP contribution < -0.4 is 5.32 Å². The van der Waals surface area contributed by atoms with E-state index in [0.717, 1.165) is 4.47 Å². The van der Waals surface area contributed by atoms with E-state index in [-0.39, 0.29) is 28.4 Å². The molecule has 4 rings (SSSR count). The van der Waals surface area contributed by atoms with Crippen LogP contribution >= 0.6 is 27.5 Å². The Morgan fingerprint density at radius 1 is 1.32 bits per heavy atom. The van der Waals surface area contributed by atoms with Gasteiger partial charge in [-0.3, -0.25) is 4.79 Å². The Morgan fingerprint density at radius 3 is 2.81 bits per heavy atom. The number of nitrogens with one attached hydrogen (secondary N) is 1. The van der Waals surface area contributed by atoms with Gasteiger partial charge in [0, 0.05) is 33.2 Å². The zero-order valence-corrected chi connectivity index (χ0v) is 19.1. The van der Waals surface area contributed by atoms with E-state index in [1.54, 1.807) is 16.8 Å². The standard InChI is InChI=1S/C20H17BrClFN6O2/c1-20(2,3)19-27-17(28-31-19)18(30)24-7-10-4-14(23)12(6-13(10)22)16-15-5-11(21)8-29(15)26-9-25-16/h4-6,8-9H,7H2,1-3H3,(H,24,30). The first-order chi connectivity index (χ1) is 14.6. The normalized spacial score (nSPS) is 11.8. The highest BCUT2D eigenvalue weighted by Crippen LogP contribution is 2.31. The van der Waals surface area contributed by atoms with E-state index in [2.05, 4.69) is 41.5 Å². The highest BCUT2D eigenvalue weighted by atomic mass is 79.9. The Hall–Kier alpha value is -2.85. The maximum absolute atomic E-state index is 14.9. The molecular weight excluding hydrogens is 491 g/mol. The first-order valence-electron chi connectivity index (χ1n) is 9.23. The van der Waals surface area contributed by atoms with Crippen LogP contribution in [0.3, 0.4) is 0 Å². The van der Waals surface area contributed by atoms with E-state index in [9.17, 15) is 9.18 Å². The molecule has 3 heterocycles. The molecule has 0 aliphatic heterocycles. The van der Waals surface area contributed by atoms with Gasteiger partial charge in [-0.25, -0.2) is 13.9 Å². The van der Waals surface area contributed by atoms with Gasteiger partial charge in [0.1, 0.15) is 17.8 Å². The molecule has 0 atom stereocenters. The minimum atomic E-state index is -0.546. The van der Waals surface area contributed by atoms with E-state index in [1.807, 2.05) is 20.8 Å². The van der Waals surface area contributed by atoms with E-state index in [1.165, 1.54) is 18.5 Å². The summed E-state index contributed by atoms with van der Waals surface area (Å²) in [6.45, 7) is 5.67. The SMILES string of the molecule is CC(C)(C)c1nc(C(=O)NCc2cc(F)c(-c3ncnn4cc(Br)cc34)cc2Cl)no1. The second-order valence-corrected chi connectivity index (χ2v) is 9.20. The summed E-state index contributed by atoms with van der Waals surface area (Å²) in [6.07, 6.45) is 3.08. The summed E-state index contributed by atoms with van der Waals surface area (Å²) in [5, 5.41) is 10.7. The van der Waals surface area contributed by atoms with Crippen molar-refractivity contribution in [3.63, 3.8) is 0 Å². The predicted octanol–water partition coefficient (Wildman–Crippen LogP) is 4.56. The lowest BCUT2D eigenvalue weighted by Crippen LogP contribution is -2.24. The molecule has 1 N–H and O–H groups in total. The predicted molar refractivity (Wildman–Crippen MR) is 115 cm³/mol. The van der Waals surface area contributed by atoms with Crippen molar-refractivity contribution < 1.29 is 13.7 Å². The number of fused-ring (bicyclic) bond motifs is 1. The van der Waals surface area contributed by atoms with Crippen LogP contribution in [0.15, 0.2) is 39.7 Å². The number of benzene rings is 1. The average Bonchev–Trinajstić information content (AvgIpc) is 3.34. The average molecular weight is 508 g/mol. The fourth-order valence-corrected chi connectivity index (χ4v) is 3.53. The Kier molecular flexibility index (Phi) is 5.52. The number of hydrogen-bond donors (Lipinski definition) is 1. The topological polar surface area (TPSA) is 98.2 Å². The molecule has 160 valence electrons. The minimum absolute atomic E-state index is 0.00980. The molecule has 0 aliphatic carbocycles. The summed E-state index contributed by atoms with van der Waals surface area (Å²) < 4.78 is 22.4. The van der Waals surface area contributed by atoms with Crippen LogP contribution in [0.5, 0.6) is 0 Å². The Balaban J connectivity index is 1.56. The van der Waals surface area contributed by atoms with Crippen LogP contribution in [0.25, 0.3) is 16.8 Å². The molecule has 0 bridgehead atoms. The van der Waals surface area contributed by atoms with Crippen molar-refractivity contribution in [2.75, 3.05) is 0 Å². The summed E-state index contributed by atoms with van der Waals surface area (Å²) in [5.41, 5.74) is 1.27.